The highest BCUT2D eigenvalue weighted by atomic mass is 19.1. The van der Waals surface area contributed by atoms with Crippen molar-refractivity contribution in [3.05, 3.63) is 47.1 Å². The topological polar surface area (TPSA) is 58.3 Å². The van der Waals surface area contributed by atoms with Crippen LogP contribution in [0.5, 0.6) is 5.75 Å². The van der Waals surface area contributed by atoms with Gasteiger partial charge in [-0.05, 0) is 19.9 Å². The summed E-state index contributed by atoms with van der Waals surface area (Å²) in [7, 11) is 0. The van der Waals surface area contributed by atoms with Crippen LogP contribution in [0.2, 0.25) is 0 Å². The summed E-state index contributed by atoms with van der Waals surface area (Å²) in [6, 6.07) is 5.79. The van der Waals surface area contributed by atoms with Gasteiger partial charge in [0.15, 0.2) is 0 Å². The zero-order chi connectivity index (χ0) is 13.1. The number of aromatic nitrogens is 1. The lowest BCUT2D eigenvalue weighted by molar-refractivity contribution is 0.386. The molecule has 96 valence electrons. The average molecular weight is 250 g/mol. The highest BCUT2D eigenvalue weighted by Gasteiger charge is 2.11. The third-order valence-electron chi connectivity index (χ3n) is 2.72. The lowest BCUT2D eigenvalue weighted by Gasteiger charge is -2.14. The minimum Gasteiger partial charge on any atom is -0.508 e. The summed E-state index contributed by atoms with van der Waals surface area (Å²) in [4.78, 5) is 0. The maximum Gasteiger partial charge on any atom is 0.133 e. The van der Waals surface area contributed by atoms with Crippen molar-refractivity contribution in [1.82, 2.24) is 10.5 Å². The predicted octanol–water partition coefficient (Wildman–Crippen LogP) is 2.68. The number of nitrogens with zero attached hydrogens (tertiary/aromatic N) is 1. The number of aromatic hydroxyl groups is 1. The Labute approximate surface area is 104 Å². The molecule has 0 aliphatic carbocycles. The quantitative estimate of drug-likeness (QED) is 0.875. The first-order chi connectivity index (χ1) is 8.56. The van der Waals surface area contributed by atoms with Crippen molar-refractivity contribution >= 4 is 0 Å². The van der Waals surface area contributed by atoms with Crippen LogP contribution in [0.4, 0.5) is 4.39 Å². The highest BCUT2D eigenvalue weighted by molar-refractivity contribution is 5.29. The van der Waals surface area contributed by atoms with Gasteiger partial charge < -0.3 is 14.9 Å². The molecule has 1 aromatic carbocycles. The normalized spacial score (nSPS) is 12.6. The van der Waals surface area contributed by atoms with Gasteiger partial charge in [-0.15, -0.1) is 0 Å². The van der Waals surface area contributed by atoms with Gasteiger partial charge in [0.25, 0.3) is 0 Å². The molecule has 1 aromatic heterocycles. The van der Waals surface area contributed by atoms with Gasteiger partial charge in [0.05, 0.1) is 5.69 Å². The SMILES string of the molecule is Cc1cc(CNC(C)c2ccc(O)cc2F)no1. The van der Waals surface area contributed by atoms with Crippen molar-refractivity contribution in [2.75, 3.05) is 0 Å². The Morgan fingerprint density at radius 1 is 1.44 bits per heavy atom. The fraction of sp³-hybridized carbons (Fsp3) is 0.308. The van der Waals surface area contributed by atoms with Crippen LogP contribution >= 0.6 is 0 Å². The van der Waals surface area contributed by atoms with E-state index < -0.39 is 5.82 Å². The molecule has 0 radical (unpaired) electrons. The second kappa shape index (κ2) is 5.18. The summed E-state index contributed by atoms with van der Waals surface area (Å²) >= 11 is 0. The number of halogens is 1. The number of hydrogen-bond donors (Lipinski definition) is 2. The molecule has 0 bridgehead atoms. The zero-order valence-corrected chi connectivity index (χ0v) is 10.3. The molecular formula is C13H15FN2O2. The van der Waals surface area contributed by atoms with Crippen LogP contribution in [-0.4, -0.2) is 10.3 Å². The summed E-state index contributed by atoms with van der Waals surface area (Å²) in [5.74, 6) is 0.247. The van der Waals surface area contributed by atoms with E-state index in [9.17, 15) is 4.39 Å². The van der Waals surface area contributed by atoms with Crippen LogP contribution in [0.3, 0.4) is 0 Å². The maximum absolute atomic E-state index is 13.6. The third-order valence-corrected chi connectivity index (χ3v) is 2.72. The Morgan fingerprint density at radius 3 is 2.83 bits per heavy atom. The second-order valence-electron chi connectivity index (χ2n) is 4.24. The number of hydrogen-bond acceptors (Lipinski definition) is 4. The molecule has 0 aliphatic rings. The van der Waals surface area contributed by atoms with E-state index in [-0.39, 0.29) is 11.8 Å². The van der Waals surface area contributed by atoms with Gasteiger partial charge in [0, 0.05) is 30.3 Å². The third kappa shape index (κ3) is 2.87. The van der Waals surface area contributed by atoms with Gasteiger partial charge >= 0.3 is 0 Å². The van der Waals surface area contributed by atoms with E-state index in [1.165, 1.54) is 6.07 Å². The molecule has 4 nitrogen and oxygen atoms in total. The van der Waals surface area contributed by atoms with Crippen LogP contribution in [0.1, 0.15) is 30.0 Å². The molecule has 0 saturated carbocycles. The zero-order valence-electron chi connectivity index (χ0n) is 10.3. The standard InChI is InChI=1S/C13H15FN2O2/c1-8-5-10(16-18-8)7-15-9(2)12-4-3-11(17)6-13(12)14/h3-6,9,15,17H,7H2,1-2H3. The lowest BCUT2D eigenvalue weighted by atomic mass is 10.1. The van der Waals surface area contributed by atoms with E-state index in [1.54, 1.807) is 6.07 Å². The van der Waals surface area contributed by atoms with E-state index in [0.717, 1.165) is 17.5 Å². The molecule has 2 aromatic rings. The second-order valence-corrected chi connectivity index (χ2v) is 4.24. The fourth-order valence-electron chi connectivity index (χ4n) is 1.74. The van der Waals surface area contributed by atoms with Crippen molar-refractivity contribution in [2.24, 2.45) is 0 Å². The Balaban J connectivity index is 2.01. The van der Waals surface area contributed by atoms with Crippen molar-refractivity contribution in [3.63, 3.8) is 0 Å². The first-order valence-electron chi connectivity index (χ1n) is 5.70. The molecule has 2 N–H and O–H groups in total. The fourth-order valence-corrected chi connectivity index (χ4v) is 1.74. The van der Waals surface area contributed by atoms with Crippen LogP contribution < -0.4 is 5.32 Å². The maximum atomic E-state index is 13.6. The van der Waals surface area contributed by atoms with Gasteiger partial charge in [0.2, 0.25) is 0 Å². The molecule has 18 heavy (non-hydrogen) atoms. The first kappa shape index (κ1) is 12.6. The highest BCUT2D eigenvalue weighted by Crippen LogP contribution is 2.21. The van der Waals surface area contributed by atoms with E-state index in [2.05, 4.69) is 10.5 Å². The molecule has 1 unspecified atom stereocenters. The van der Waals surface area contributed by atoms with Crippen LogP contribution in [0.15, 0.2) is 28.8 Å². The van der Waals surface area contributed by atoms with Gasteiger partial charge in [-0.3, -0.25) is 0 Å². The predicted molar refractivity (Wildman–Crippen MR) is 64.6 cm³/mol. The summed E-state index contributed by atoms with van der Waals surface area (Å²) in [5.41, 5.74) is 1.28. The van der Waals surface area contributed by atoms with Gasteiger partial charge in [-0.1, -0.05) is 11.2 Å². The van der Waals surface area contributed by atoms with E-state index >= 15 is 0 Å². The van der Waals surface area contributed by atoms with Crippen molar-refractivity contribution < 1.29 is 14.0 Å². The Kier molecular flexibility index (Phi) is 3.62. The minimum atomic E-state index is -0.425. The number of rotatable bonds is 4. The van der Waals surface area contributed by atoms with Crippen molar-refractivity contribution in [2.45, 2.75) is 26.4 Å². The Hall–Kier alpha value is -1.88. The molecule has 0 saturated heterocycles. The summed E-state index contributed by atoms with van der Waals surface area (Å²) < 4.78 is 18.5. The monoisotopic (exact) mass is 250 g/mol. The molecule has 1 heterocycles. The molecule has 2 rings (SSSR count). The number of phenols is 1. The summed E-state index contributed by atoms with van der Waals surface area (Å²) in [6.45, 7) is 4.17. The Bertz CT molecular complexity index is 540. The summed E-state index contributed by atoms with van der Waals surface area (Å²) in [5, 5.41) is 16.1. The van der Waals surface area contributed by atoms with Crippen LogP contribution in [0, 0.1) is 12.7 Å². The van der Waals surface area contributed by atoms with E-state index in [4.69, 9.17) is 9.63 Å². The minimum absolute atomic E-state index is 0.0735. The number of nitrogens with one attached hydrogen (secondary N) is 1. The average Bonchev–Trinajstić information content (AvgIpc) is 2.72. The number of aryl methyl sites for hydroxylation is 1. The van der Waals surface area contributed by atoms with Crippen molar-refractivity contribution in [1.29, 1.82) is 0 Å². The first-order valence-corrected chi connectivity index (χ1v) is 5.70. The number of phenolic OH excluding ortho intramolecular Hbond substituents is 1. The van der Waals surface area contributed by atoms with Gasteiger partial charge in [-0.2, -0.15) is 0 Å². The number of benzene rings is 1. The lowest BCUT2D eigenvalue weighted by Crippen LogP contribution is -2.19. The largest absolute Gasteiger partial charge is 0.508 e. The van der Waals surface area contributed by atoms with Crippen molar-refractivity contribution in [3.8, 4) is 5.75 Å². The van der Waals surface area contributed by atoms with Gasteiger partial charge in [-0.25, -0.2) is 4.39 Å². The molecule has 0 amide bonds. The summed E-state index contributed by atoms with van der Waals surface area (Å²) in [6.07, 6.45) is 0. The van der Waals surface area contributed by atoms with E-state index in [1.807, 2.05) is 19.9 Å². The molecule has 0 aliphatic heterocycles. The Morgan fingerprint density at radius 2 is 2.22 bits per heavy atom. The molecular weight excluding hydrogens is 235 g/mol. The van der Waals surface area contributed by atoms with Crippen LogP contribution in [0.25, 0.3) is 0 Å². The van der Waals surface area contributed by atoms with Crippen LogP contribution in [-0.2, 0) is 6.54 Å². The molecule has 5 heteroatoms. The smallest absolute Gasteiger partial charge is 0.133 e. The molecule has 0 fully saturated rings. The molecule has 0 spiro atoms. The molecule has 1 atom stereocenters. The van der Waals surface area contributed by atoms with E-state index in [0.29, 0.717) is 12.1 Å². The van der Waals surface area contributed by atoms with Gasteiger partial charge in [0.1, 0.15) is 17.3 Å².